The number of pyridine rings is 1. The zero-order valence-electron chi connectivity index (χ0n) is 8.90. The van der Waals surface area contributed by atoms with E-state index in [1.165, 1.54) is 0 Å². The molecule has 0 amide bonds. The fraction of sp³-hybridized carbons (Fsp3) is 0.250. The summed E-state index contributed by atoms with van der Waals surface area (Å²) in [5, 5.41) is 1.12. The fourth-order valence-electron chi connectivity index (χ4n) is 1.46. The quantitative estimate of drug-likeness (QED) is 0.760. The van der Waals surface area contributed by atoms with Crippen LogP contribution < -0.4 is 5.90 Å². The maximum absolute atomic E-state index is 5.24. The molecule has 3 nitrogen and oxygen atoms in total. The Balaban J connectivity index is 2.56. The van der Waals surface area contributed by atoms with Crippen LogP contribution in [0.1, 0.15) is 19.5 Å². The lowest BCUT2D eigenvalue weighted by atomic mass is 10.0. The van der Waals surface area contributed by atoms with Crippen molar-refractivity contribution in [2.24, 2.45) is 5.90 Å². The average molecular weight is 202 g/mol. The van der Waals surface area contributed by atoms with Gasteiger partial charge in [0.25, 0.3) is 0 Å². The van der Waals surface area contributed by atoms with E-state index in [2.05, 4.69) is 4.98 Å². The minimum Gasteiger partial charge on any atom is -0.292 e. The second-order valence-corrected chi connectivity index (χ2v) is 4.02. The van der Waals surface area contributed by atoms with E-state index in [0.29, 0.717) is 0 Å². The standard InChI is InChI=1S/C12H14N2O/c1-12(2,15-13)11-8-7-9-5-3-4-6-10(9)14-11/h3-8H,13H2,1-2H3. The summed E-state index contributed by atoms with van der Waals surface area (Å²) in [4.78, 5) is 9.42. The van der Waals surface area contributed by atoms with Crippen molar-refractivity contribution in [3.63, 3.8) is 0 Å². The highest BCUT2D eigenvalue weighted by atomic mass is 16.6. The summed E-state index contributed by atoms with van der Waals surface area (Å²) in [7, 11) is 0. The molecular formula is C12H14N2O. The second-order valence-electron chi connectivity index (χ2n) is 4.02. The first kappa shape index (κ1) is 10.1. The van der Waals surface area contributed by atoms with Gasteiger partial charge in [0.2, 0.25) is 0 Å². The number of fused-ring (bicyclic) bond motifs is 1. The summed E-state index contributed by atoms with van der Waals surface area (Å²) in [6, 6.07) is 11.9. The molecule has 1 aromatic carbocycles. The molecule has 15 heavy (non-hydrogen) atoms. The normalized spacial score (nSPS) is 11.9. The molecule has 1 heterocycles. The Hall–Kier alpha value is -1.45. The van der Waals surface area contributed by atoms with E-state index in [1.54, 1.807) is 0 Å². The van der Waals surface area contributed by atoms with E-state index in [9.17, 15) is 0 Å². The largest absolute Gasteiger partial charge is 0.292 e. The van der Waals surface area contributed by atoms with Crippen LogP contribution in [-0.2, 0) is 10.4 Å². The Morgan fingerprint density at radius 3 is 2.60 bits per heavy atom. The zero-order chi connectivity index (χ0) is 10.9. The molecule has 0 unspecified atom stereocenters. The molecule has 0 fully saturated rings. The number of nitrogens with zero attached hydrogens (tertiary/aromatic N) is 1. The maximum atomic E-state index is 5.24. The van der Waals surface area contributed by atoms with Crippen molar-refractivity contribution in [1.29, 1.82) is 0 Å². The monoisotopic (exact) mass is 202 g/mol. The SMILES string of the molecule is CC(C)(ON)c1ccc2ccccc2n1. The number of hydrogen-bond acceptors (Lipinski definition) is 3. The van der Waals surface area contributed by atoms with Gasteiger partial charge in [-0.2, -0.15) is 0 Å². The van der Waals surface area contributed by atoms with Gasteiger partial charge in [-0.1, -0.05) is 24.3 Å². The van der Waals surface area contributed by atoms with Crippen LogP contribution in [0.15, 0.2) is 36.4 Å². The molecule has 0 aliphatic carbocycles. The Labute approximate surface area is 88.8 Å². The number of hydrogen-bond donors (Lipinski definition) is 1. The van der Waals surface area contributed by atoms with Gasteiger partial charge in [-0.05, 0) is 26.0 Å². The molecule has 78 valence electrons. The van der Waals surface area contributed by atoms with Crippen molar-refractivity contribution in [2.75, 3.05) is 0 Å². The highest BCUT2D eigenvalue weighted by Crippen LogP contribution is 2.23. The van der Waals surface area contributed by atoms with Crippen LogP contribution in [-0.4, -0.2) is 4.98 Å². The molecule has 0 radical (unpaired) electrons. The molecule has 0 saturated carbocycles. The van der Waals surface area contributed by atoms with E-state index >= 15 is 0 Å². The maximum Gasteiger partial charge on any atom is 0.125 e. The lowest BCUT2D eigenvalue weighted by Crippen LogP contribution is -2.26. The fourth-order valence-corrected chi connectivity index (χ4v) is 1.46. The molecule has 0 spiro atoms. The molecule has 2 N–H and O–H groups in total. The molecule has 0 bridgehead atoms. The minimum absolute atomic E-state index is 0.552. The Morgan fingerprint density at radius 1 is 1.13 bits per heavy atom. The van der Waals surface area contributed by atoms with Crippen molar-refractivity contribution in [2.45, 2.75) is 19.4 Å². The Morgan fingerprint density at radius 2 is 1.87 bits per heavy atom. The van der Waals surface area contributed by atoms with Gasteiger partial charge in [-0.3, -0.25) is 4.84 Å². The zero-order valence-corrected chi connectivity index (χ0v) is 8.90. The van der Waals surface area contributed by atoms with Gasteiger partial charge in [-0.15, -0.1) is 0 Å². The van der Waals surface area contributed by atoms with Gasteiger partial charge in [0.15, 0.2) is 0 Å². The third-order valence-electron chi connectivity index (χ3n) is 2.51. The summed E-state index contributed by atoms with van der Waals surface area (Å²) < 4.78 is 0. The third kappa shape index (κ3) is 1.84. The van der Waals surface area contributed by atoms with Crippen LogP contribution in [0.5, 0.6) is 0 Å². The van der Waals surface area contributed by atoms with E-state index in [1.807, 2.05) is 50.2 Å². The topological polar surface area (TPSA) is 48.1 Å². The van der Waals surface area contributed by atoms with Crippen LogP contribution in [0.4, 0.5) is 0 Å². The molecule has 2 aromatic rings. The van der Waals surface area contributed by atoms with Gasteiger partial charge >= 0.3 is 0 Å². The predicted octanol–water partition coefficient (Wildman–Crippen LogP) is 2.36. The Bertz CT molecular complexity index is 480. The van der Waals surface area contributed by atoms with Crippen LogP contribution in [0.25, 0.3) is 10.9 Å². The number of nitrogens with two attached hydrogens (primary N) is 1. The molecule has 0 aliphatic rings. The first-order valence-electron chi connectivity index (χ1n) is 4.88. The van der Waals surface area contributed by atoms with Crippen molar-refractivity contribution >= 4 is 10.9 Å². The Kier molecular flexibility index (Phi) is 2.42. The molecule has 3 heteroatoms. The van der Waals surface area contributed by atoms with E-state index in [-0.39, 0.29) is 0 Å². The van der Waals surface area contributed by atoms with E-state index in [4.69, 9.17) is 10.7 Å². The second kappa shape index (κ2) is 3.61. The van der Waals surface area contributed by atoms with Crippen molar-refractivity contribution < 1.29 is 4.84 Å². The van der Waals surface area contributed by atoms with Crippen molar-refractivity contribution in [3.8, 4) is 0 Å². The summed E-state index contributed by atoms with van der Waals surface area (Å²) in [5.41, 5.74) is 1.24. The molecule has 1 aromatic heterocycles. The third-order valence-corrected chi connectivity index (χ3v) is 2.51. The number of rotatable bonds is 2. The first-order chi connectivity index (χ1) is 7.13. The molecule has 0 atom stereocenters. The van der Waals surface area contributed by atoms with E-state index in [0.717, 1.165) is 16.6 Å². The lowest BCUT2D eigenvalue weighted by molar-refractivity contribution is -0.0265. The smallest absolute Gasteiger partial charge is 0.125 e. The highest BCUT2D eigenvalue weighted by molar-refractivity contribution is 5.78. The summed E-state index contributed by atoms with van der Waals surface area (Å²) in [6.07, 6.45) is 0. The minimum atomic E-state index is -0.552. The molecule has 0 saturated heterocycles. The molecule has 0 aliphatic heterocycles. The van der Waals surface area contributed by atoms with Crippen LogP contribution in [0, 0.1) is 0 Å². The average Bonchev–Trinajstić information content (AvgIpc) is 2.28. The summed E-state index contributed by atoms with van der Waals surface area (Å²) in [6.45, 7) is 3.79. The van der Waals surface area contributed by atoms with Crippen LogP contribution in [0.3, 0.4) is 0 Å². The summed E-state index contributed by atoms with van der Waals surface area (Å²) in [5.74, 6) is 5.24. The van der Waals surface area contributed by atoms with Gasteiger partial charge in [0.1, 0.15) is 5.60 Å². The van der Waals surface area contributed by atoms with Gasteiger partial charge in [0, 0.05) is 5.39 Å². The van der Waals surface area contributed by atoms with E-state index < -0.39 is 5.60 Å². The molecule has 2 rings (SSSR count). The molecular weight excluding hydrogens is 188 g/mol. The van der Waals surface area contributed by atoms with Crippen molar-refractivity contribution in [1.82, 2.24) is 4.98 Å². The van der Waals surface area contributed by atoms with Gasteiger partial charge < -0.3 is 0 Å². The van der Waals surface area contributed by atoms with Gasteiger partial charge in [0.05, 0.1) is 11.2 Å². The van der Waals surface area contributed by atoms with Crippen LogP contribution >= 0.6 is 0 Å². The number of benzene rings is 1. The predicted molar refractivity (Wildman–Crippen MR) is 60.0 cm³/mol. The highest BCUT2D eigenvalue weighted by Gasteiger charge is 2.22. The van der Waals surface area contributed by atoms with Gasteiger partial charge in [-0.25, -0.2) is 10.9 Å². The number of para-hydroxylation sites is 1. The lowest BCUT2D eigenvalue weighted by Gasteiger charge is -2.21. The number of aromatic nitrogens is 1. The summed E-state index contributed by atoms with van der Waals surface area (Å²) >= 11 is 0. The van der Waals surface area contributed by atoms with Crippen LogP contribution in [0.2, 0.25) is 0 Å². The van der Waals surface area contributed by atoms with Crippen molar-refractivity contribution in [3.05, 3.63) is 42.1 Å². The first-order valence-corrected chi connectivity index (χ1v) is 4.88.